The van der Waals surface area contributed by atoms with Gasteiger partial charge in [0.15, 0.2) is 0 Å². The summed E-state index contributed by atoms with van der Waals surface area (Å²) in [5.74, 6) is 0.233. The van der Waals surface area contributed by atoms with Crippen LogP contribution in [0, 0.1) is 0 Å². The Hall–Kier alpha value is -1.97. The minimum atomic E-state index is 0.0211. The zero-order chi connectivity index (χ0) is 11.8. The van der Waals surface area contributed by atoms with Crippen molar-refractivity contribution in [3.63, 3.8) is 0 Å². The van der Waals surface area contributed by atoms with Gasteiger partial charge in [-0.05, 0) is 49.9 Å². The average Bonchev–Trinajstić information content (AvgIpc) is 2.69. The number of phenolic OH excluding ortho intramolecular Hbond substituents is 1. The van der Waals surface area contributed by atoms with E-state index in [4.69, 9.17) is 0 Å². The van der Waals surface area contributed by atoms with Crippen molar-refractivity contribution < 1.29 is 5.11 Å². The van der Waals surface area contributed by atoms with Gasteiger partial charge in [-0.15, -0.1) is 0 Å². The number of hydrogen-bond donors (Lipinski definition) is 2. The summed E-state index contributed by atoms with van der Waals surface area (Å²) < 4.78 is 1.84. The first kappa shape index (κ1) is 10.2. The van der Waals surface area contributed by atoms with Crippen LogP contribution in [0.15, 0.2) is 29.1 Å². The second-order valence-electron chi connectivity index (χ2n) is 4.43. The van der Waals surface area contributed by atoms with E-state index < -0.39 is 0 Å². The number of phenols is 1. The summed E-state index contributed by atoms with van der Waals surface area (Å²) >= 11 is 0. The number of nitrogens with zero attached hydrogens (tertiary/aromatic N) is 1. The van der Waals surface area contributed by atoms with E-state index in [0.717, 1.165) is 42.6 Å². The molecule has 0 fully saturated rings. The molecule has 2 N–H and O–H groups in total. The Morgan fingerprint density at radius 3 is 2.59 bits per heavy atom. The summed E-state index contributed by atoms with van der Waals surface area (Å²) in [5, 5.41) is 12.1. The van der Waals surface area contributed by atoms with E-state index in [-0.39, 0.29) is 11.3 Å². The molecule has 1 aliphatic carbocycles. The first-order valence-electron chi connectivity index (χ1n) is 5.88. The maximum absolute atomic E-state index is 11.8. The molecule has 0 saturated carbocycles. The molecule has 0 bridgehead atoms. The third-order valence-electron chi connectivity index (χ3n) is 3.30. The Bertz CT molecular complexity index is 593. The molecule has 0 aliphatic heterocycles. The Kier molecular flexibility index (Phi) is 2.28. The number of aromatic amines is 1. The van der Waals surface area contributed by atoms with E-state index in [2.05, 4.69) is 5.10 Å². The molecule has 0 amide bonds. The van der Waals surface area contributed by atoms with Gasteiger partial charge in [0, 0.05) is 11.3 Å². The number of fused-ring (bicyclic) bond motifs is 1. The normalized spacial score (nSPS) is 14.6. The summed E-state index contributed by atoms with van der Waals surface area (Å²) in [6, 6.07) is 6.87. The van der Waals surface area contributed by atoms with Crippen molar-refractivity contribution in [1.29, 1.82) is 0 Å². The quantitative estimate of drug-likeness (QED) is 0.784. The SMILES string of the molecule is O=c1[nH]n(-c2ccc(O)cc2)c2c1CCCC2. The highest BCUT2D eigenvalue weighted by Crippen LogP contribution is 2.21. The number of hydrogen-bond acceptors (Lipinski definition) is 2. The predicted octanol–water partition coefficient (Wildman–Crippen LogP) is 1.75. The van der Waals surface area contributed by atoms with E-state index >= 15 is 0 Å². The first-order valence-corrected chi connectivity index (χ1v) is 5.88. The fraction of sp³-hybridized carbons (Fsp3) is 0.308. The van der Waals surface area contributed by atoms with Gasteiger partial charge in [0.2, 0.25) is 0 Å². The van der Waals surface area contributed by atoms with Gasteiger partial charge in [0.25, 0.3) is 5.56 Å². The van der Waals surface area contributed by atoms with E-state index in [1.807, 2.05) is 4.68 Å². The number of H-pyrrole nitrogens is 1. The molecule has 1 heterocycles. The van der Waals surface area contributed by atoms with Crippen molar-refractivity contribution in [3.8, 4) is 11.4 Å². The van der Waals surface area contributed by atoms with Crippen molar-refractivity contribution in [2.24, 2.45) is 0 Å². The summed E-state index contributed by atoms with van der Waals surface area (Å²) in [6.45, 7) is 0. The zero-order valence-electron chi connectivity index (χ0n) is 9.44. The third-order valence-corrected chi connectivity index (χ3v) is 3.30. The van der Waals surface area contributed by atoms with E-state index in [1.54, 1.807) is 24.3 Å². The minimum Gasteiger partial charge on any atom is -0.508 e. The number of rotatable bonds is 1. The van der Waals surface area contributed by atoms with Crippen molar-refractivity contribution in [1.82, 2.24) is 9.78 Å². The average molecular weight is 230 g/mol. The van der Waals surface area contributed by atoms with Gasteiger partial charge in [0.1, 0.15) is 5.75 Å². The first-order chi connectivity index (χ1) is 8.25. The van der Waals surface area contributed by atoms with Crippen molar-refractivity contribution in [2.45, 2.75) is 25.7 Å². The maximum atomic E-state index is 11.8. The lowest BCUT2D eigenvalue weighted by molar-refractivity contribution is 0.475. The van der Waals surface area contributed by atoms with Crippen molar-refractivity contribution in [2.75, 3.05) is 0 Å². The molecule has 4 nitrogen and oxygen atoms in total. The fourth-order valence-corrected chi connectivity index (χ4v) is 2.44. The second-order valence-corrected chi connectivity index (χ2v) is 4.43. The number of benzene rings is 1. The second kappa shape index (κ2) is 3.80. The van der Waals surface area contributed by atoms with Crippen LogP contribution in [0.3, 0.4) is 0 Å². The van der Waals surface area contributed by atoms with E-state index in [9.17, 15) is 9.90 Å². The molecule has 17 heavy (non-hydrogen) atoms. The molecule has 1 aromatic carbocycles. The maximum Gasteiger partial charge on any atom is 0.267 e. The summed E-state index contributed by atoms with van der Waals surface area (Å²) in [4.78, 5) is 11.8. The zero-order valence-corrected chi connectivity index (χ0v) is 9.44. The van der Waals surface area contributed by atoms with Gasteiger partial charge in [-0.3, -0.25) is 14.6 Å². The highest BCUT2D eigenvalue weighted by atomic mass is 16.3. The highest BCUT2D eigenvalue weighted by molar-refractivity contribution is 5.39. The molecule has 0 atom stereocenters. The molecule has 88 valence electrons. The van der Waals surface area contributed by atoms with Crippen LogP contribution in [0.4, 0.5) is 0 Å². The molecule has 3 rings (SSSR count). The van der Waals surface area contributed by atoms with Gasteiger partial charge in [0.05, 0.1) is 5.69 Å². The molecule has 2 aromatic rings. The minimum absolute atomic E-state index is 0.0211. The smallest absolute Gasteiger partial charge is 0.267 e. The third kappa shape index (κ3) is 1.65. The molecule has 1 aromatic heterocycles. The molecular weight excluding hydrogens is 216 g/mol. The lowest BCUT2D eigenvalue weighted by Crippen LogP contribution is -2.10. The number of aromatic hydroxyl groups is 1. The Morgan fingerprint density at radius 2 is 1.82 bits per heavy atom. The van der Waals surface area contributed by atoms with Gasteiger partial charge < -0.3 is 5.11 Å². The van der Waals surface area contributed by atoms with Gasteiger partial charge in [-0.1, -0.05) is 0 Å². The monoisotopic (exact) mass is 230 g/mol. The highest BCUT2D eigenvalue weighted by Gasteiger charge is 2.18. The molecule has 4 heteroatoms. The predicted molar refractivity (Wildman–Crippen MR) is 64.7 cm³/mol. The fourth-order valence-electron chi connectivity index (χ4n) is 2.44. The van der Waals surface area contributed by atoms with Crippen LogP contribution in [0.25, 0.3) is 5.69 Å². The number of nitrogens with one attached hydrogen (secondary N) is 1. The summed E-state index contributed by atoms with van der Waals surface area (Å²) in [7, 11) is 0. The Balaban J connectivity index is 2.15. The van der Waals surface area contributed by atoms with Crippen LogP contribution in [0.1, 0.15) is 24.1 Å². The Morgan fingerprint density at radius 1 is 1.12 bits per heavy atom. The topological polar surface area (TPSA) is 58.0 Å². The molecule has 0 radical (unpaired) electrons. The molecule has 0 saturated heterocycles. The largest absolute Gasteiger partial charge is 0.508 e. The van der Waals surface area contributed by atoms with Crippen LogP contribution in [-0.4, -0.2) is 14.9 Å². The van der Waals surface area contributed by atoms with Crippen LogP contribution in [0.5, 0.6) is 5.75 Å². The van der Waals surface area contributed by atoms with Crippen LogP contribution in [0.2, 0.25) is 0 Å². The van der Waals surface area contributed by atoms with Gasteiger partial charge >= 0.3 is 0 Å². The molecular formula is C13H14N2O2. The number of aromatic nitrogens is 2. The van der Waals surface area contributed by atoms with E-state index in [1.165, 1.54) is 0 Å². The van der Waals surface area contributed by atoms with Crippen molar-refractivity contribution >= 4 is 0 Å². The van der Waals surface area contributed by atoms with Gasteiger partial charge in [-0.2, -0.15) is 0 Å². The molecule has 1 aliphatic rings. The summed E-state index contributed by atoms with van der Waals surface area (Å²) in [5.41, 5.74) is 2.92. The van der Waals surface area contributed by atoms with E-state index in [0.29, 0.717) is 0 Å². The van der Waals surface area contributed by atoms with Crippen LogP contribution >= 0.6 is 0 Å². The lowest BCUT2D eigenvalue weighted by atomic mass is 9.98. The van der Waals surface area contributed by atoms with Crippen LogP contribution in [-0.2, 0) is 12.8 Å². The van der Waals surface area contributed by atoms with Gasteiger partial charge in [-0.25, -0.2) is 0 Å². The molecule has 0 spiro atoms. The molecule has 0 unspecified atom stereocenters. The van der Waals surface area contributed by atoms with Crippen molar-refractivity contribution in [3.05, 3.63) is 45.9 Å². The lowest BCUT2D eigenvalue weighted by Gasteiger charge is -2.13. The van der Waals surface area contributed by atoms with Crippen LogP contribution < -0.4 is 5.56 Å². The Labute approximate surface area is 98.5 Å². The standard InChI is InChI=1S/C13H14N2O2/c16-10-7-5-9(6-8-10)15-12-4-2-1-3-11(12)13(17)14-15/h5-8,16H,1-4H2,(H,14,17). The summed E-state index contributed by atoms with van der Waals surface area (Å²) in [6.07, 6.45) is 4.03.